The fourth-order valence-corrected chi connectivity index (χ4v) is 2.35. The molecule has 0 spiro atoms. The van der Waals surface area contributed by atoms with Gasteiger partial charge in [0.15, 0.2) is 5.82 Å². The zero-order valence-corrected chi connectivity index (χ0v) is 11.2. The maximum Gasteiger partial charge on any atom is 0.150 e. The van der Waals surface area contributed by atoms with Gasteiger partial charge in [0.25, 0.3) is 0 Å². The van der Waals surface area contributed by atoms with Crippen LogP contribution in [0.15, 0.2) is 48.7 Å². The van der Waals surface area contributed by atoms with Gasteiger partial charge in [-0.3, -0.25) is 0 Å². The molecule has 1 N–H and O–H groups in total. The predicted molar refractivity (Wildman–Crippen MR) is 79.2 cm³/mol. The molecular weight excluding hydrogens is 234 g/mol. The Balaban J connectivity index is 1.93. The minimum absolute atomic E-state index is 0.789. The minimum Gasteiger partial charge on any atom is -0.364 e. The molecule has 2 heterocycles. The lowest BCUT2D eigenvalue weighted by molar-refractivity contribution is 0.914. The van der Waals surface area contributed by atoms with E-state index in [2.05, 4.69) is 65.2 Å². The highest BCUT2D eigenvalue weighted by molar-refractivity contribution is 5.90. The van der Waals surface area contributed by atoms with E-state index in [-0.39, 0.29) is 0 Å². The van der Waals surface area contributed by atoms with Gasteiger partial charge >= 0.3 is 0 Å². The molecule has 2 aromatic heterocycles. The highest BCUT2D eigenvalue weighted by atomic mass is 15.0. The van der Waals surface area contributed by atoms with Crippen molar-refractivity contribution in [2.75, 3.05) is 5.32 Å². The number of hydrogen-bond donors (Lipinski definition) is 1. The topological polar surface area (TPSA) is 29.9 Å². The van der Waals surface area contributed by atoms with E-state index in [0.29, 0.717) is 0 Å². The van der Waals surface area contributed by atoms with Crippen molar-refractivity contribution in [3.05, 3.63) is 59.9 Å². The molecule has 0 aliphatic rings. The standard InChI is InChI=1S/C16H17N3/c1-12-10-14-8-9-17-16(15(14)19(12)2)18-11-13-6-4-3-5-7-13/h3-10H,11H2,1-2H3,(H,17,18). The van der Waals surface area contributed by atoms with E-state index in [4.69, 9.17) is 0 Å². The van der Waals surface area contributed by atoms with E-state index in [1.165, 1.54) is 16.6 Å². The summed E-state index contributed by atoms with van der Waals surface area (Å²) in [5.74, 6) is 0.942. The first kappa shape index (κ1) is 11.8. The van der Waals surface area contributed by atoms with Crippen molar-refractivity contribution in [2.24, 2.45) is 7.05 Å². The third-order valence-corrected chi connectivity index (χ3v) is 3.49. The van der Waals surface area contributed by atoms with E-state index in [0.717, 1.165) is 17.9 Å². The molecule has 0 bridgehead atoms. The summed E-state index contributed by atoms with van der Waals surface area (Å²) in [5.41, 5.74) is 3.66. The number of benzene rings is 1. The zero-order chi connectivity index (χ0) is 13.2. The van der Waals surface area contributed by atoms with Crippen molar-refractivity contribution < 1.29 is 0 Å². The van der Waals surface area contributed by atoms with Crippen LogP contribution in [0.4, 0.5) is 5.82 Å². The molecule has 3 rings (SSSR count). The Kier molecular flexibility index (Phi) is 2.95. The first-order valence-electron chi connectivity index (χ1n) is 6.44. The molecule has 3 heteroatoms. The van der Waals surface area contributed by atoms with Crippen molar-refractivity contribution in [3.8, 4) is 0 Å². The van der Waals surface area contributed by atoms with Crippen LogP contribution in [0.3, 0.4) is 0 Å². The van der Waals surface area contributed by atoms with Crippen LogP contribution in [0, 0.1) is 6.92 Å². The van der Waals surface area contributed by atoms with Gasteiger partial charge < -0.3 is 9.88 Å². The average Bonchev–Trinajstić information content (AvgIpc) is 2.74. The maximum atomic E-state index is 4.46. The van der Waals surface area contributed by atoms with Crippen LogP contribution >= 0.6 is 0 Å². The van der Waals surface area contributed by atoms with Gasteiger partial charge in [-0.2, -0.15) is 0 Å². The van der Waals surface area contributed by atoms with Gasteiger partial charge in [-0.05, 0) is 24.6 Å². The molecule has 0 saturated heterocycles. The number of fused-ring (bicyclic) bond motifs is 1. The number of aromatic nitrogens is 2. The van der Waals surface area contributed by atoms with Crippen molar-refractivity contribution >= 4 is 16.7 Å². The molecule has 3 aromatic rings. The summed E-state index contributed by atoms with van der Waals surface area (Å²) in [5, 5.41) is 4.65. The highest BCUT2D eigenvalue weighted by Gasteiger charge is 2.08. The predicted octanol–water partition coefficient (Wildman–Crippen LogP) is 3.49. The second-order valence-electron chi connectivity index (χ2n) is 4.78. The molecular formula is C16H17N3. The number of hydrogen-bond acceptors (Lipinski definition) is 2. The first-order chi connectivity index (χ1) is 9.25. The molecule has 0 fully saturated rings. The fourth-order valence-electron chi connectivity index (χ4n) is 2.35. The lowest BCUT2D eigenvalue weighted by Crippen LogP contribution is -2.03. The maximum absolute atomic E-state index is 4.46. The largest absolute Gasteiger partial charge is 0.364 e. The summed E-state index contributed by atoms with van der Waals surface area (Å²) < 4.78 is 2.18. The van der Waals surface area contributed by atoms with E-state index in [1.807, 2.05) is 12.3 Å². The highest BCUT2D eigenvalue weighted by Crippen LogP contribution is 2.24. The molecule has 1 aromatic carbocycles. The van der Waals surface area contributed by atoms with E-state index in [1.54, 1.807) is 0 Å². The van der Waals surface area contributed by atoms with E-state index in [9.17, 15) is 0 Å². The number of rotatable bonds is 3. The summed E-state index contributed by atoms with van der Waals surface area (Å²) in [7, 11) is 2.08. The molecule has 0 aliphatic heterocycles. The van der Waals surface area contributed by atoms with Crippen LogP contribution in [0.25, 0.3) is 10.9 Å². The molecule has 0 aliphatic carbocycles. The lowest BCUT2D eigenvalue weighted by Gasteiger charge is -2.09. The number of nitrogens with zero attached hydrogens (tertiary/aromatic N) is 2. The number of pyridine rings is 1. The van der Waals surface area contributed by atoms with Gasteiger partial charge in [-0.15, -0.1) is 0 Å². The zero-order valence-electron chi connectivity index (χ0n) is 11.2. The van der Waals surface area contributed by atoms with Crippen LogP contribution in [-0.2, 0) is 13.6 Å². The monoisotopic (exact) mass is 251 g/mol. The molecule has 0 atom stereocenters. The number of nitrogens with one attached hydrogen (secondary N) is 1. The van der Waals surface area contributed by atoms with Crippen LogP contribution in [0.2, 0.25) is 0 Å². The Labute approximate surface area is 112 Å². The average molecular weight is 251 g/mol. The molecule has 0 radical (unpaired) electrons. The van der Waals surface area contributed by atoms with E-state index < -0.39 is 0 Å². The lowest BCUT2D eigenvalue weighted by atomic mass is 10.2. The second kappa shape index (κ2) is 4.76. The van der Waals surface area contributed by atoms with Crippen molar-refractivity contribution in [2.45, 2.75) is 13.5 Å². The normalized spacial score (nSPS) is 10.8. The third-order valence-electron chi connectivity index (χ3n) is 3.49. The molecule has 0 unspecified atom stereocenters. The summed E-state index contributed by atoms with van der Waals surface area (Å²) in [6, 6.07) is 14.6. The summed E-state index contributed by atoms with van der Waals surface area (Å²) in [6.45, 7) is 2.90. The molecule has 0 amide bonds. The van der Waals surface area contributed by atoms with E-state index >= 15 is 0 Å². The molecule has 0 saturated carbocycles. The van der Waals surface area contributed by atoms with Crippen molar-refractivity contribution in [3.63, 3.8) is 0 Å². The fraction of sp³-hybridized carbons (Fsp3) is 0.188. The Morgan fingerprint density at radius 2 is 1.95 bits per heavy atom. The second-order valence-corrected chi connectivity index (χ2v) is 4.78. The summed E-state index contributed by atoms with van der Waals surface area (Å²) >= 11 is 0. The van der Waals surface area contributed by atoms with Gasteiger partial charge in [0.1, 0.15) is 0 Å². The van der Waals surface area contributed by atoms with Crippen LogP contribution in [0.1, 0.15) is 11.3 Å². The SMILES string of the molecule is Cc1cc2ccnc(NCc3ccccc3)c2n1C. The van der Waals surface area contributed by atoms with Gasteiger partial charge in [0, 0.05) is 30.9 Å². The Hall–Kier alpha value is -2.29. The van der Waals surface area contributed by atoms with Gasteiger partial charge in [-0.25, -0.2) is 4.98 Å². The third kappa shape index (κ3) is 2.19. The minimum atomic E-state index is 0.789. The van der Waals surface area contributed by atoms with Gasteiger partial charge in [-0.1, -0.05) is 30.3 Å². The van der Waals surface area contributed by atoms with Crippen molar-refractivity contribution in [1.82, 2.24) is 9.55 Å². The molecule has 19 heavy (non-hydrogen) atoms. The van der Waals surface area contributed by atoms with Crippen LogP contribution in [-0.4, -0.2) is 9.55 Å². The summed E-state index contributed by atoms with van der Waals surface area (Å²) in [6.07, 6.45) is 1.86. The Bertz CT molecular complexity index is 699. The Morgan fingerprint density at radius 1 is 1.16 bits per heavy atom. The molecule has 96 valence electrons. The van der Waals surface area contributed by atoms with Gasteiger partial charge in [0.05, 0.1) is 5.52 Å². The quantitative estimate of drug-likeness (QED) is 0.772. The van der Waals surface area contributed by atoms with Gasteiger partial charge in [0.2, 0.25) is 0 Å². The molecule has 3 nitrogen and oxygen atoms in total. The summed E-state index contributed by atoms with van der Waals surface area (Å²) in [4.78, 5) is 4.46. The van der Waals surface area contributed by atoms with Crippen LogP contribution < -0.4 is 5.32 Å². The Morgan fingerprint density at radius 3 is 2.74 bits per heavy atom. The first-order valence-corrected chi connectivity index (χ1v) is 6.44. The van der Waals surface area contributed by atoms with Crippen molar-refractivity contribution in [1.29, 1.82) is 0 Å². The number of anilines is 1. The van der Waals surface area contributed by atoms with Crippen LogP contribution in [0.5, 0.6) is 0 Å². The number of aryl methyl sites for hydroxylation is 2. The smallest absolute Gasteiger partial charge is 0.150 e.